The number of aliphatic imine (C=N–C) groups is 1. The summed E-state index contributed by atoms with van der Waals surface area (Å²) in [6.45, 7) is 5.78. The van der Waals surface area contributed by atoms with Gasteiger partial charge in [0.05, 0.1) is 12.6 Å². The van der Waals surface area contributed by atoms with Gasteiger partial charge >= 0.3 is 0 Å². The van der Waals surface area contributed by atoms with Gasteiger partial charge in [0, 0.05) is 20.7 Å². The van der Waals surface area contributed by atoms with Gasteiger partial charge < -0.3 is 19.9 Å². The quantitative estimate of drug-likeness (QED) is 0.222. The predicted octanol–water partition coefficient (Wildman–Crippen LogP) is 3.34. The number of aromatic nitrogens is 3. The molecule has 1 unspecified atom stereocenters. The van der Waals surface area contributed by atoms with E-state index in [1.54, 1.807) is 7.11 Å². The number of fused-ring (bicyclic) bond motifs is 1. The van der Waals surface area contributed by atoms with Crippen molar-refractivity contribution in [1.82, 2.24) is 25.4 Å². The molecule has 0 saturated carbocycles. The van der Waals surface area contributed by atoms with Gasteiger partial charge in [0.2, 0.25) is 0 Å². The summed E-state index contributed by atoms with van der Waals surface area (Å²) in [5.74, 6) is 2.42. The number of nitrogens with zero attached hydrogens (tertiary/aromatic N) is 4. The first kappa shape index (κ1) is 23.1. The summed E-state index contributed by atoms with van der Waals surface area (Å²) in [5, 5.41) is 17.5. The molecule has 0 bridgehead atoms. The summed E-state index contributed by atoms with van der Waals surface area (Å²) >= 11 is 0. The van der Waals surface area contributed by atoms with Crippen molar-refractivity contribution in [2.24, 2.45) is 12.0 Å². The maximum atomic E-state index is 5.14. The summed E-state index contributed by atoms with van der Waals surface area (Å²) < 4.78 is 7.09. The largest absolute Gasteiger partial charge is 0.383 e. The minimum Gasteiger partial charge on any atom is -0.383 e. The van der Waals surface area contributed by atoms with Crippen molar-refractivity contribution >= 4 is 40.7 Å². The smallest absolute Gasteiger partial charge is 0.192 e. The van der Waals surface area contributed by atoms with E-state index in [1.807, 2.05) is 18.5 Å². The minimum absolute atomic E-state index is 0. The third kappa shape index (κ3) is 6.14. The number of nitrogens with one attached hydrogen (secondary N) is 2. The minimum atomic E-state index is 0. The molecule has 0 fully saturated rings. The van der Waals surface area contributed by atoms with Gasteiger partial charge in [0.15, 0.2) is 11.8 Å². The van der Waals surface area contributed by atoms with E-state index >= 15 is 0 Å². The second-order valence-electron chi connectivity index (χ2n) is 6.78. The van der Waals surface area contributed by atoms with Crippen LogP contribution in [0, 0.1) is 6.92 Å². The summed E-state index contributed by atoms with van der Waals surface area (Å²) in [6.07, 6.45) is 0. The highest BCUT2D eigenvalue weighted by Crippen LogP contribution is 2.20. The lowest BCUT2D eigenvalue weighted by Crippen LogP contribution is -2.40. The SMILES string of the molecule is COCCNC(=NCc1nnc(C)n1C)NC(C)c1ccc2ccccc2c1.I. The van der Waals surface area contributed by atoms with Gasteiger partial charge in [0.25, 0.3) is 0 Å². The van der Waals surface area contributed by atoms with E-state index < -0.39 is 0 Å². The Kier molecular flexibility index (Phi) is 8.84. The lowest BCUT2D eigenvalue weighted by Gasteiger charge is -2.19. The molecule has 8 heteroatoms. The fourth-order valence-corrected chi connectivity index (χ4v) is 2.93. The Morgan fingerprint density at radius 1 is 1.17 bits per heavy atom. The molecule has 3 aromatic rings. The fraction of sp³-hybridized carbons (Fsp3) is 0.381. The van der Waals surface area contributed by atoms with E-state index in [0.29, 0.717) is 19.7 Å². The highest BCUT2D eigenvalue weighted by Gasteiger charge is 2.10. The van der Waals surface area contributed by atoms with Crippen LogP contribution in [0.3, 0.4) is 0 Å². The monoisotopic (exact) mass is 508 g/mol. The number of hydrogen-bond donors (Lipinski definition) is 2. The molecule has 1 heterocycles. The molecule has 29 heavy (non-hydrogen) atoms. The highest BCUT2D eigenvalue weighted by atomic mass is 127. The number of hydrogen-bond acceptors (Lipinski definition) is 4. The molecular weight excluding hydrogens is 479 g/mol. The third-order valence-electron chi connectivity index (χ3n) is 4.79. The zero-order valence-corrected chi connectivity index (χ0v) is 19.7. The van der Waals surface area contributed by atoms with Gasteiger partial charge in [-0.05, 0) is 36.2 Å². The maximum Gasteiger partial charge on any atom is 0.192 e. The van der Waals surface area contributed by atoms with Gasteiger partial charge in [-0.25, -0.2) is 4.99 Å². The Morgan fingerprint density at radius 2 is 1.93 bits per heavy atom. The number of ether oxygens (including phenoxy) is 1. The van der Waals surface area contributed by atoms with Gasteiger partial charge in [-0.2, -0.15) is 0 Å². The van der Waals surface area contributed by atoms with Crippen molar-refractivity contribution in [3.05, 3.63) is 59.7 Å². The van der Waals surface area contributed by atoms with E-state index in [9.17, 15) is 0 Å². The first-order chi connectivity index (χ1) is 13.6. The first-order valence-electron chi connectivity index (χ1n) is 9.46. The van der Waals surface area contributed by atoms with E-state index in [4.69, 9.17) is 4.74 Å². The van der Waals surface area contributed by atoms with E-state index in [2.05, 4.69) is 75.2 Å². The molecule has 2 N–H and O–H groups in total. The Hall–Kier alpha value is -2.20. The number of rotatable bonds is 7. The summed E-state index contributed by atoms with van der Waals surface area (Å²) in [4.78, 5) is 4.68. The molecule has 0 aliphatic carbocycles. The van der Waals surface area contributed by atoms with Crippen LogP contribution in [-0.4, -0.2) is 41.0 Å². The molecule has 0 saturated heterocycles. The summed E-state index contributed by atoms with van der Waals surface area (Å²) in [7, 11) is 3.63. The van der Waals surface area contributed by atoms with Crippen LogP contribution < -0.4 is 10.6 Å². The first-order valence-corrected chi connectivity index (χ1v) is 9.46. The van der Waals surface area contributed by atoms with Crippen LogP contribution in [0.25, 0.3) is 10.8 Å². The Morgan fingerprint density at radius 3 is 2.62 bits per heavy atom. The Bertz CT molecular complexity index is 955. The Labute approximate surface area is 189 Å². The number of benzene rings is 2. The van der Waals surface area contributed by atoms with E-state index in [0.717, 1.165) is 17.6 Å². The van der Waals surface area contributed by atoms with Crippen LogP contribution in [0.4, 0.5) is 0 Å². The molecule has 0 aliphatic heterocycles. The second kappa shape index (κ2) is 11.1. The van der Waals surface area contributed by atoms with Crippen molar-refractivity contribution in [2.75, 3.05) is 20.3 Å². The number of guanidine groups is 1. The van der Waals surface area contributed by atoms with E-state index in [-0.39, 0.29) is 30.0 Å². The van der Waals surface area contributed by atoms with Crippen molar-refractivity contribution in [2.45, 2.75) is 26.4 Å². The zero-order valence-electron chi connectivity index (χ0n) is 17.3. The molecule has 7 nitrogen and oxygen atoms in total. The third-order valence-corrected chi connectivity index (χ3v) is 4.79. The molecule has 156 valence electrons. The molecule has 0 radical (unpaired) electrons. The topological polar surface area (TPSA) is 76.4 Å². The molecule has 0 aliphatic rings. The molecule has 3 rings (SSSR count). The molecule has 1 atom stereocenters. The van der Waals surface area contributed by atoms with Crippen molar-refractivity contribution in [3.63, 3.8) is 0 Å². The standard InChI is InChI=1S/C21H28N6O.HI/c1-15(18-10-9-17-7-5-6-8-19(17)13-18)24-21(22-11-12-28-4)23-14-20-26-25-16(2)27(20)3;/h5-10,13,15H,11-12,14H2,1-4H3,(H2,22,23,24);1H. The number of halogens is 1. The lowest BCUT2D eigenvalue weighted by molar-refractivity contribution is 0.203. The average molecular weight is 508 g/mol. The molecule has 1 aromatic heterocycles. The van der Waals surface area contributed by atoms with Gasteiger partial charge in [-0.1, -0.05) is 36.4 Å². The van der Waals surface area contributed by atoms with Crippen LogP contribution in [0.1, 0.15) is 30.2 Å². The molecular formula is C21H29IN6O. The molecule has 0 spiro atoms. The van der Waals surface area contributed by atoms with Crippen LogP contribution in [0.15, 0.2) is 47.5 Å². The lowest BCUT2D eigenvalue weighted by atomic mass is 10.0. The number of aryl methyl sites for hydroxylation is 1. The highest BCUT2D eigenvalue weighted by molar-refractivity contribution is 14.0. The summed E-state index contributed by atoms with van der Waals surface area (Å²) in [5.41, 5.74) is 1.20. The summed E-state index contributed by atoms with van der Waals surface area (Å²) in [6, 6.07) is 15.0. The second-order valence-corrected chi connectivity index (χ2v) is 6.78. The zero-order chi connectivity index (χ0) is 19.9. The number of methoxy groups -OCH3 is 1. The van der Waals surface area contributed by atoms with Crippen LogP contribution in [-0.2, 0) is 18.3 Å². The van der Waals surface area contributed by atoms with Crippen LogP contribution >= 0.6 is 24.0 Å². The van der Waals surface area contributed by atoms with Gasteiger partial charge in [-0.3, -0.25) is 0 Å². The normalized spacial score (nSPS) is 12.5. The van der Waals surface area contributed by atoms with Crippen molar-refractivity contribution < 1.29 is 4.74 Å². The maximum absolute atomic E-state index is 5.14. The van der Waals surface area contributed by atoms with Crippen LogP contribution in [0.5, 0.6) is 0 Å². The van der Waals surface area contributed by atoms with Gasteiger partial charge in [0.1, 0.15) is 12.4 Å². The van der Waals surface area contributed by atoms with Crippen molar-refractivity contribution in [3.8, 4) is 0 Å². The van der Waals surface area contributed by atoms with E-state index in [1.165, 1.54) is 16.3 Å². The van der Waals surface area contributed by atoms with Crippen molar-refractivity contribution in [1.29, 1.82) is 0 Å². The molecule has 0 amide bonds. The van der Waals surface area contributed by atoms with Gasteiger partial charge in [-0.15, -0.1) is 34.2 Å². The predicted molar refractivity (Wildman–Crippen MR) is 128 cm³/mol. The fourth-order valence-electron chi connectivity index (χ4n) is 2.93. The average Bonchev–Trinajstić information content (AvgIpc) is 3.03. The van der Waals surface area contributed by atoms with Crippen LogP contribution in [0.2, 0.25) is 0 Å². The Balaban J connectivity index is 0.00000300. The molecule has 2 aromatic carbocycles.